The molecule has 0 unspecified atom stereocenters. The molecular formula is C29H33N5O4. The van der Waals surface area contributed by atoms with E-state index in [1.54, 1.807) is 36.9 Å². The molecular weight excluding hydrogens is 482 g/mol. The van der Waals surface area contributed by atoms with Gasteiger partial charge in [0, 0.05) is 43.2 Å². The number of methoxy groups -OCH3 is 1. The monoisotopic (exact) mass is 515 g/mol. The Bertz CT molecular complexity index is 1450. The van der Waals surface area contributed by atoms with Crippen LogP contribution in [0.4, 0.5) is 0 Å². The van der Waals surface area contributed by atoms with Crippen molar-refractivity contribution >= 4 is 22.7 Å². The molecule has 0 saturated carbocycles. The zero-order chi connectivity index (χ0) is 26.6. The van der Waals surface area contributed by atoms with Gasteiger partial charge in [-0.15, -0.1) is 0 Å². The summed E-state index contributed by atoms with van der Waals surface area (Å²) in [5.41, 5.74) is 5.54. The second-order valence-electron chi connectivity index (χ2n) is 9.61. The number of H-pyrrole nitrogens is 1. The smallest absolute Gasteiger partial charge is 0.272 e. The number of fused-ring (bicyclic) bond motifs is 5. The molecule has 1 aliphatic rings. The number of nitrogens with zero attached hydrogens (tertiary/aromatic N) is 3. The zero-order valence-electron chi connectivity index (χ0n) is 22.0. The average Bonchev–Trinajstić information content (AvgIpc) is 3.43. The van der Waals surface area contributed by atoms with Crippen LogP contribution < -0.4 is 14.8 Å². The van der Waals surface area contributed by atoms with E-state index in [0.717, 1.165) is 22.2 Å². The number of nitrogens with one attached hydrogen (secondary N) is 2. The molecule has 2 bridgehead atoms. The van der Waals surface area contributed by atoms with Crippen LogP contribution in [0.3, 0.4) is 0 Å². The van der Waals surface area contributed by atoms with Crippen LogP contribution in [0.5, 0.6) is 11.5 Å². The van der Waals surface area contributed by atoms with Gasteiger partial charge in [-0.3, -0.25) is 9.59 Å². The summed E-state index contributed by atoms with van der Waals surface area (Å²) in [7, 11) is 3.41. The van der Waals surface area contributed by atoms with E-state index < -0.39 is 0 Å². The van der Waals surface area contributed by atoms with Crippen molar-refractivity contribution < 1.29 is 19.1 Å². The topological polar surface area (TPSA) is 101 Å². The predicted molar refractivity (Wildman–Crippen MR) is 145 cm³/mol. The van der Waals surface area contributed by atoms with Crippen molar-refractivity contribution in [3.05, 3.63) is 77.0 Å². The van der Waals surface area contributed by atoms with E-state index in [9.17, 15) is 9.59 Å². The van der Waals surface area contributed by atoms with Gasteiger partial charge in [0.2, 0.25) is 5.91 Å². The summed E-state index contributed by atoms with van der Waals surface area (Å²) in [6.07, 6.45) is 3.53. The van der Waals surface area contributed by atoms with Crippen LogP contribution >= 0.6 is 0 Å². The fraction of sp³-hybridized carbons (Fsp3) is 0.345. The van der Waals surface area contributed by atoms with E-state index in [0.29, 0.717) is 61.8 Å². The first-order valence-corrected chi connectivity index (χ1v) is 12.9. The van der Waals surface area contributed by atoms with Crippen molar-refractivity contribution in [1.82, 2.24) is 24.8 Å². The van der Waals surface area contributed by atoms with E-state index in [1.165, 1.54) is 5.56 Å². The quantitative estimate of drug-likeness (QED) is 0.426. The molecule has 0 saturated heterocycles. The van der Waals surface area contributed by atoms with Crippen LogP contribution in [0.15, 0.2) is 48.8 Å². The van der Waals surface area contributed by atoms with Crippen molar-refractivity contribution in [2.45, 2.75) is 26.2 Å². The maximum Gasteiger partial charge on any atom is 0.272 e. The molecule has 0 spiro atoms. The SMILES string of the molecule is COc1ccc2cc1OCCCN(C(=O)c1c(C)ncn1C)CC(=O)NCCc1c([nH]c3ccccc13)C2. The molecule has 2 N–H and O–H groups in total. The Labute approximate surface area is 221 Å². The summed E-state index contributed by atoms with van der Waals surface area (Å²) in [6, 6.07) is 14.2. The van der Waals surface area contributed by atoms with Gasteiger partial charge in [-0.1, -0.05) is 24.3 Å². The van der Waals surface area contributed by atoms with E-state index in [1.807, 2.05) is 30.3 Å². The summed E-state index contributed by atoms with van der Waals surface area (Å²) < 4.78 is 13.3. The molecule has 0 atom stereocenters. The third-order valence-corrected chi connectivity index (χ3v) is 6.98. The first-order chi connectivity index (χ1) is 18.4. The minimum atomic E-state index is -0.225. The van der Waals surface area contributed by atoms with Gasteiger partial charge in [-0.25, -0.2) is 4.98 Å². The number of carbonyl (C=O) groups excluding carboxylic acids is 2. The second kappa shape index (κ2) is 11.0. The molecule has 5 rings (SSSR count). The standard InChI is InChI=1S/C29H33N5O4/c1-19-28(33(2)18-31-19)29(36)34-13-6-14-38-26-16-20(9-10-25(26)37-3)15-24-22(11-12-30-27(35)17-34)21-7-4-5-8-23(21)32-24/h4-5,7-10,16,18,32H,6,11-15,17H2,1-3H3,(H,30,35). The van der Waals surface area contributed by atoms with Gasteiger partial charge < -0.3 is 29.2 Å². The number of benzene rings is 2. The van der Waals surface area contributed by atoms with Crippen molar-refractivity contribution in [3.63, 3.8) is 0 Å². The van der Waals surface area contributed by atoms with Crippen LogP contribution in [0.25, 0.3) is 10.9 Å². The third kappa shape index (κ3) is 5.22. The maximum atomic E-state index is 13.4. The van der Waals surface area contributed by atoms with E-state index in [-0.39, 0.29) is 18.4 Å². The molecule has 2 amide bonds. The molecule has 38 heavy (non-hydrogen) atoms. The molecule has 0 fully saturated rings. The number of imidazole rings is 1. The van der Waals surface area contributed by atoms with Gasteiger partial charge in [0.05, 0.1) is 32.3 Å². The Morgan fingerprint density at radius 1 is 1.18 bits per heavy atom. The number of carbonyl (C=O) groups is 2. The molecule has 0 radical (unpaired) electrons. The Balaban J connectivity index is 1.46. The van der Waals surface area contributed by atoms with Crippen molar-refractivity contribution in [3.8, 4) is 11.5 Å². The second-order valence-corrected chi connectivity index (χ2v) is 9.61. The highest BCUT2D eigenvalue weighted by Gasteiger charge is 2.24. The Morgan fingerprint density at radius 3 is 2.82 bits per heavy atom. The van der Waals surface area contributed by atoms with Crippen LogP contribution in [0.1, 0.15) is 39.4 Å². The molecule has 1 aliphatic heterocycles. The van der Waals surface area contributed by atoms with E-state index in [2.05, 4.69) is 27.4 Å². The van der Waals surface area contributed by atoms with Crippen LogP contribution in [0, 0.1) is 6.92 Å². The highest BCUT2D eigenvalue weighted by molar-refractivity contribution is 5.96. The van der Waals surface area contributed by atoms with Crippen molar-refractivity contribution in [1.29, 1.82) is 0 Å². The van der Waals surface area contributed by atoms with E-state index in [4.69, 9.17) is 9.47 Å². The molecule has 2 aromatic heterocycles. The first-order valence-electron chi connectivity index (χ1n) is 12.9. The Hall–Kier alpha value is -4.27. The number of aromatic amines is 1. The lowest BCUT2D eigenvalue weighted by molar-refractivity contribution is -0.121. The Kier molecular flexibility index (Phi) is 7.35. The van der Waals surface area contributed by atoms with Gasteiger partial charge in [-0.2, -0.15) is 0 Å². The number of hydrogen-bond donors (Lipinski definition) is 2. The minimum absolute atomic E-state index is 0.0387. The lowest BCUT2D eigenvalue weighted by Crippen LogP contribution is -2.42. The zero-order valence-corrected chi connectivity index (χ0v) is 22.0. The molecule has 9 nitrogen and oxygen atoms in total. The Morgan fingerprint density at radius 2 is 2.03 bits per heavy atom. The molecule has 2 aromatic carbocycles. The predicted octanol–water partition coefficient (Wildman–Crippen LogP) is 3.39. The van der Waals surface area contributed by atoms with Crippen molar-refractivity contribution in [2.75, 3.05) is 33.4 Å². The highest BCUT2D eigenvalue weighted by Crippen LogP contribution is 2.31. The fourth-order valence-corrected chi connectivity index (χ4v) is 5.09. The fourth-order valence-electron chi connectivity index (χ4n) is 5.09. The molecule has 3 heterocycles. The lowest BCUT2D eigenvalue weighted by Gasteiger charge is -2.23. The summed E-state index contributed by atoms with van der Waals surface area (Å²) in [5.74, 6) is 0.897. The molecule has 0 aliphatic carbocycles. The van der Waals surface area contributed by atoms with Gasteiger partial charge >= 0.3 is 0 Å². The highest BCUT2D eigenvalue weighted by atomic mass is 16.5. The van der Waals surface area contributed by atoms with Crippen LogP contribution in [-0.2, 0) is 24.7 Å². The molecule has 4 aromatic rings. The van der Waals surface area contributed by atoms with Crippen molar-refractivity contribution in [2.24, 2.45) is 7.05 Å². The van der Waals surface area contributed by atoms with Gasteiger partial charge in [0.1, 0.15) is 5.69 Å². The first kappa shape index (κ1) is 25.4. The molecule has 9 heteroatoms. The number of ether oxygens (including phenoxy) is 2. The minimum Gasteiger partial charge on any atom is -0.493 e. The molecule has 198 valence electrons. The number of amides is 2. The number of hydrogen-bond acceptors (Lipinski definition) is 5. The number of rotatable bonds is 2. The summed E-state index contributed by atoms with van der Waals surface area (Å²) in [5, 5.41) is 4.17. The third-order valence-electron chi connectivity index (χ3n) is 6.98. The van der Waals surface area contributed by atoms with Crippen LogP contribution in [-0.4, -0.2) is 64.6 Å². The number of aryl methyl sites for hydroxylation is 2. The average molecular weight is 516 g/mol. The van der Waals surface area contributed by atoms with Gasteiger partial charge in [0.25, 0.3) is 5.91 Å². The largest absolute Gasteiger partial charge is 0.493 e. The van der Waals surface area contributed by atoms with Crippen LogP contribution in [0.2, 0.25) is 0 Å². The van der Waals surface area contributed by atoms with E-state index >= 15 is 0 Å². The summed E-state index contributed by atoms with van der Waals surface area (Å²) in [4.78, 5) is 35.8. The summed E-state index contributed by atoms with van der Waals surface area (Å²) >= 11 is 0. The lowest BCUT2D eigenvalue weighted by atomic mass is 10.0. The van der Waals surface area contributed by atoms with Gasteiger partial charge in [0.15, 0.2) is 11.5 Å². The summed E-state index contributed by atoms with van der Waals surface area (Å²) in [6.45, 7) is 2.96. The normalized spacial score (nSPS) is 15.0. The maximum absolute atomic E-state index is 13.4. The number of aromatic nitrogens is 3. The van der Waals surface area contributed by atoms with Gasteiger partial charge in [-0.05, 0) is 49.1 Å². The number of para-hydroxylation sites is 1.